The summed E-state index contributed by atoms with van der Waals surface area (Å²) in [5.41, 5.74) is 1.81. The van der Waals surface area contributed by atoms with Crippen LogP contribution in [0.2, 0.25) is 0 Å². The maximum Gasteiger partial charge on any atom is 0.240 e. The molecule has 2 aromatic carbocycles. The molecule has 2 aromatic rings. The number of hydrogen-bond acceptors (Lipinski definition) is 3. The van der Waals surface area contributed by atoms with Crippen molar-refractivity contribution in [2.24, 2.45) is 0 Å². The zero-order valence-corrected chi connectivity index (χ0v) is 16.1. The van der Waals surface area contributed by atoms with E-state index >= 15 is 0 Å². The standard InChI is InChI=1S/C20H26N2O3S/c1-3-16(2)22-26(24,25)19-14-12-18(13-15-19)21-20(23)11-7-10-17-8-5-4-6-9-17/h4-6,8-9,12-16,22H,3,7,10-11H2,1-2H3,(H,21,23)/t16-/m0/s1. The Bertz CT molecular complexity index is 803. The van der Waals surface area contributed by atoms with E-state index in [1.807, 2.05) is 44.2 Å². The van der Waals surface area contributed by atoms with Gasteiger partial charge in [-0.05, 0) is 56.0 Å². The molecule has 1 atom stereocenters. The summed E-state index contributed by atoms with van der Waals surface area (Å²) in [6.45, 7) is 3.74. The van der Waals surface area contributed by atoms with Crippen LogP contribution in [0.15, 0.2) is 59.5 Å². The van der Waals surface area contributed by atoms with E-state index in [0.717, 1.165) is 19.3 Å². The zero-order chi connectivity index (χ0) is 19.0. The van der Waals surface area contributed by atoms with Gasteiger partial charge in [-0.3, -0.25) is 4.79 Å². The molecule has 0 spiro atoms. The number of benzene rings is 2. The molecule has 0 saturated heterocycles. The minimum absolute atomic E-state index is 0.0748. The van der Waals surface area contributed by atoms with E-state index < -0.39 is 10.0 Å². The smallest absolute Gasteiger partial charge is 0.240 e. The number of nitrogens with one attached hydrogen (secondary N) is 2. The highest BCUT2D eigenvalue weighted by Crippen LogP contribution is 2.15. The fraction of sp³-hybridized carbons (Fsp3) is 0.350. The van der Waals surface area contributed by atoms with Crippen molar-refractivity contribution in [2.45, 2.75) is 50.5 Å². The van der Waals surface area contributed by atoms with Crippen molar-refractivity contribution in [1.29, 1.82) is 0 Å². The fourth-order valence-electron chi connectivity index (χ4n) is 2.45. The van der Waals surface area contributed by atoms with Crippen LogP contribution in [0.3, 0.4) is 0 Å². The molecule has 0 bridgehead atoms. The molecule has 5 nitrogen and oxygen atoms in total. The van der Waals surface area contributed by atoms with Gasteiger partial charge in [0.05, 0.1) is 4.90 Å². The largest absolute Gasteiger partial charge is 0.326 e. The van der Waals surface area contributed by atoms with Crippen molar-refractivity contribution in [3.8, 4) is 0 Å². The lowest BCUT2D eigenvalue weighted by Gasteiger charge is -2.12. The Morgan fingerprint density at radius 2 is 1.69 bits per heavy atom. The maximum absolute atomic E-state index is 12.2. The summed E-state index contributed by atoms with van der Waals surface area (Å²) in [6.07, 6.45) is 2.76. The molecule has 26 heavy (non-hydrogen) atoms. The van der Waals surface area contributed by atoms with Crippen molar-refractivity contribution in [3.63, 3.8) is 0 Å². The van der Waals surface area contributed by atoms with Crippen LogP contribution in [0, 0.1) is 0 Å². The molecule has 2 rings (SSSR count). The predicted molar refractivity (Wildman–Crippen MR) is 105 cm³/mol. The normalized spacial score (nSPS) is 12.5. The molecule has 0 unspecified atom stereocenters. The zero-order valence-electron chi connectivity index (χ0n) is 15.2. The van der Waals surface area contributed by atoms with Crippen LogP contribution >= 0.6 is 0 Å². The Morgan fingerprint density at radius 3 is 2.31 bits per heavy atom. The summed E-state index contributed by atoms with van der Waals surface area (Å²) in [5.74, 6) is -0.0748. The molecule has 0 saturated carbocycles. The lowest BCUT2D eigenvalue weighted by atomic mass is 10.1. The average molecular weight is 375 g/mol. The van der Waals surface area contributed by atoms with Crippen LogP contribution in [-0.4, -0.2) is 20.4 Å². The van der Waals surface area contributed by atoms with Gasteiger partial charge in [0.25, 0.3) is 0 Å². The first kappa shape index (κ1) is 20.1. The Labute approximate surface area is 155 Å². The van der Waals surface area contributed by atoms with E-state index in [2.05, 4.69) is 10.0 Å². The van der Waals surface area contributed by atoms with Crippen LogP contribution in [0.5, 0.6) is 0 Å². The maximum atomic E-state index is 12.2. The van der Waals surface area contributed by atoms with Gasteiger partial charge in [0.15, 0.2) is 0 Å². The van der Waals surface area contributed by atoms with Gasteiger partial charge >= 0.3 is 0 Å². The summed E-state index contributed by atoms with van der Waals surface area (Å²) in [7, 11) is -3.52. The van der Waals surface area contributed by atoms with Crippen molar-refractivity contribution < 1.29 is 13.2 Å². The summed E-state index contributed by atoms with van der Waals surface area (Å²) in [6, 6.07) is 16.1. The van der Waals surface area contributed by atoms with Gasteiger partial charge in [-0.2, -0.15) is 0 Å². The predicted octanol–water partition coefficient (Wildman–Crippen LogP) is 3.72. The number of sulfonamides is 1. The minimum Gasteiger partial charge on any atom is -0.326 e. The third kappa shape index (κ3) is 6.28. The minimum atomic E-state index is -3.52. The lowest BCUT2D eigenvalue weighted by molar-refractivity contribution is -0.116. The van der Waals surface area contributed by atoms with Gasteiger partial charge in [0.1, 0.15) is 0 Å². The molecular weight excluding hydrogens is 348 g/mol. The van der Waals surface area contributed by atoms with Crippen LogP contribution in [-0.2, 0) is 21.2 Å². The van der Waals surface area contributed by atoms with Gasteiger partial charge in [-0.25, -0.2) is 13.1 Å². The summed E-state index contributed by atoms with van der Waals surface area (Å²) in [5, 5.41) is 2.80. The Balaban J connectivity index is 1.85. The first-order chi connectivity index (χ1) is 12.4. The Hall–Kier alpha value is -2.18. The molecule has 6 heteroatoms. The second kappa shape index (κ2) is 9.50. The first-order valence-corrected chi connectivity index (χ1v) is 10.3. The number of carbonyl (C=O) groups is 1. The highest BCUT2D eigenvalue weighted by molar-refractivity contribution is 7.89. The van der Waals surface area contributed by atoms with Crippen molar-refractivity contribution in [3.05, 3.63) is 60.2 Å². The number of rotatable bonds is 9. The summed E-state index contributed by atoms with van der Waals surface area (Å²) < 4.78 is 27.0. The first-order valence-electron chi connectivity index (χ1n) is 8.87. The molecule has 0 aromatic heterocycles. The third-order valence-corrected chi connectivity index (χ3v) is 5.73. The molecule has 1 amide bonds. The van der Waals surface area contributed by atoms with E-state index in [4.69, 9.17) is 0 Å². The van der Waals surface area contributed by atoms with Gasteiger partial charge < -0.3 is 5.32 Å². The monoisotopic (exact) mass is 374 g/mol. The Morgan fingerprint density at radius 1 is 1.04 bits per heavy atom. The molecule has 2 N–H and O–H groups in total. The van der Waals surface area contributed by atoms with Crippen LogP contribution in [0.1, 0.15) is 38.7 Å². The highest BCUT2D eigenvalue weighted by atomic mass is 32.2. The van der Waals surface area contributed by atoms with Crippen LogP contribution < -0.4 is 10.0 Å². The summed E-state index contributed by atoms with van der Waals surface area (Å²) in [4.78, 5) is 12.2. The van der Waals surface area contributed by atoms with E-state index in [1.54, 1.807) is 12.1 Å². The lowest BCUT2D eigenvalue weighted by Crippen LogP contribution is -2.31. The molecule has 0 radical (unpaired) electrons. The second-order valence-electron chi connectivity index (χ2n) is 6.34. The van der Waals surface area contributed by atoms with Gasteiger partial charge in [0, 0.05) is 18.2 Å². The summed E-state index contributed by atoms with van der Waals surface area (Å²) >= 11 is 0. The molecule has 140 valence electrons. The topological polar surface area (TPSA) is 75.3 Å². The number of amides is 1. The van der Waals surface area contributed by atoms with E-state index in [0.29, 0.717) is 12.1 Å². The van der Waals surface area contributed by atoms with Crippen molar-refractivity contribution >= 4 is 21.6 Å². The number of carbonyl (C=O) groups excluding carboxylic acids is 1. The van der Waals surface area contributed by atoms with Gasteiger partial charge in [-0.15, -0.1) is 0 Å². The van der Waals surface area contributed by atoms with Gasteiger partial charge in [0.2, 0.25) is 15.9 Å². The highest BCUT2D eigenvalue weighted by Gasteiger charge is 2.16. The van der Waals surface area contributed by atoms with E-state index in [-0.39, 0.29) is 16.8 Å². The van der Waals surface area contributed by atoms with Gasteiger partial charge in [-0.1, -0.05) is 37.3 Å². The van der Waals surface area contributed by atoms with E-state index in [9.17, 15) is 13.2 Å². The van der Waals surface area contributed by atoms with Crippen molar-refractivity contribution in [1.82, 2.24) is 4.72 Å². The van der Waals surface area contributed by atoms with Crippen LogP contribution in [0.4, 0.5) is 5.69 Å². The molecular formula is C20H26N2O3S. The molecule has 0 aliphatic rings. The molecule has 0 fully saturated rings. The van der Waals surface area contributed by atoms with E-state index in [1.165, 1.54) is 17.7 Å². The molecule has 0 heterocycles. The number of hydrogen-bond donors (Lipinski definition) is 2. The third-order valence-electron chi connectivity index (χ3n) is 4.13. The second-order valence-corrected chi connectivity index (χ2v) is 8.06. The van der Waals surface area contributed by atoms with Crippen LogP contribution in [0.25, 0.3) is 0 Å². The number of aryl methyl sites for hydroxylation is 1. The van der Waals surface area contributed by atoms with Crippen molar-refractivity contribution in [2.75, 3.05) is 5.32 Å². The average Bonchev–Trinajstić information content (AvgIpc) is 2.62. The molecule has 0 aliphatic carbocycles. The quantitative estimate of drug-likeness (QED) is 0.702. The fourth-order valence-corrected chi connectivity index (χ4v) is 3.78. The SMILES string of the molecule is CC[C@H](C)NS(=O)(=O)c1ccc(NC(=O)CCCc2ccccc2)cc1. The molecule has 0 aliphatic heterocycles. The Kier molecular flexibility index (Phi) is 7.36. The number of anilines is 1.